The Balaban J connectivity index is 2.05. The van der Waals surface area contributed by atoms with Crippen LogP contribution in [0, 0.1) is 0 Å². The topological polar surface area (TPSA) is 96.3 Å². The quantitative estimate of drug-likeness (QED) is 0.490. The predicted molar refractivity (Wildman–Crippen MR) is 81.9 cm³/mol. The molecule has 0 aliphatic heterocycles. The molecule has 21 heavy (non-hydrogen) atoms. The van der Waals surface area contributed by atoms with Crippen molar-refractivity contribution in [1.82, 2.24) is 20.2 Å². The van der Waals surface area contributed by atoms with Crippen LogP contribution in [0.5, 0.6) is 0 Å². The molecule has 1 aromatic rings. The highest BCUT2D eigenvalue weighted by atomic mass is 16.5. The number of rotatable bonds is 11. The second-order valence-electron chi connectivity index (χ2n) is 4.82. The van der Waals surface area contributed by atoms with Crippen molar-refractivity contribution in [1.29, 1.82) is 0 Å². The number of carbonyl (C=O) groups is 1. The Bertz CT molecular complexity index is 379. The van der Waals surface area contributed by atoms with E-state index in [1.165, 1.54) is 0 Å². The zero-order valence-corrected chi connectivity index (χ0v) is 13.0. The van der Waals surface area contributed by atoms with Crippen LogP contribution in [-0.4, -0.2) is 66.2 Å². The number of aromatic amines is 1. The number of nitrogens with two attached hydrogens (primary N) is 1. The summed E-state index contributed by atoms with van der Waals surface area (Å²) in [6.45, 7) is 8.89. The van der Waals surface area contributed by atoms with Crippen LogP contribution in [0.3, 0.4) is 0 Å². The second-order valence-corrected chi connectivity index (χ2v) is 4.82. The van der Waals surface area contributed by atoms with Crippen molar-refractivity contribution in [3.63, 3.8) is 0 Å². The minimum Gasteiger partial charge on any atom is -0.378 e. The van der Waals surface area contributed by atoms with Crippen LogP contribution in [0.4, 0.5) is 0 Å². The summed E-state index contributed by atoms with van der Waals surface area (Å²) >= 11 is 0. The number of hydrogen-bond donors (Lipinski definition) is 3. The van der Waals surface area contributed by atoms with E-state index in [9.17, 15) is 4.79 Å². The molecule has 0 aromatic carbocycles. The molecule has 0 saturated carbocycles. The number of likely N-dealkylation sites (N-methyl/N-ethyl adjacent to an activating group) is 1. The van der Waals surface area contributed by atoms with E-state index in [-0.39, 0.29) is 5.91 Å². The van der Waals surface area contributed by atoms with Gasteiger partial charge in [-0.15, -0.1) is 0 Å². The minimum absolute atomic E-state index is 0.169. The minimum atomic E-state index is -0.568. The van der Waals surface area contributed by atoms with Crippen LogP contribution in [-0.2, 0) is 16.0 Å². The summed E-state index contributed by atoms with van der Waals surface area (Å²) in [6, 6.07) is -0.568. The van der Waals surface area contributed by atoms with Crippen LogP contribution in [0.15, 0.2) is 12.5 Å². The monoisotopic (exact) mass is 297 g/mol. The smallest absolute Gasteiger partial charge is 0.237 e. The van der Waals surface area contributed by atoms with Crippen LogP contribution in [0.25, 0.3) is 0 Å². The van der Waals surface area contributed by atoms with Gasteiger partial charge in [-0.25, -0.2) is 4.98 Å². The number of aromatic nitrogens is 2. The van der Waals surface area contributed by atoms with Gasteiger partial charge >= 0.3 is 0 Å². The second kappa shape index (κ2) is 10.3. The normalized spacial score (nSPS) is 12.6. The van der Waals surface area contributed by atoms with Gasteiger partial charge in [-0.05, 0) is 13.1 Å². The van der Waals surface area contributed by atoms with Gasteiger partial charge in [0, 0.05) is 31.4 Å². The van der Waals surface area contributed by atoms with Gasteiger partial charge < -0.3 is 25.7 Å². The van der Waals surface area contributed by atoms with Crippen molar-refractivity contribution in [3.05, 3.63) is 18.2 Å². The van der Waals surface area contributed by atoms with Crippen molar-refractivity contribution < 1.29 is 9.53 Å². The molecule has 1 rings (SSSR count). The van der Waals surface area contributed by atoms with Gasteiger partial charge in [-0.2, -0.15) is 0 Å². The highest BCUT2D eigenvalue weighted by Gasteiger charge is 2.13. The zero-order valence-electron chi connectivity index (χ0n) is 13.0. The number of H-pyrrole nitrogens is 1. The lowest BCUT2D eigenvalue weighted by molar-refractivity contribution is -0.122. The van der Waals surface area contributed by atoms with Crippen LogP contribution in [0.1, 0.15) is 19.5 Å². The Labute approximate surface area is 126 Å². The van der Waals surface area contributed by atoms with Crippen LogP contribution >= 0.6 is 0 Å². The Morgan fingerprint density at radius 1 is 1.48 bits per heavy atom. The van der Waals surface area contributed by atoms with E-state index < -0.39 is 6.04 Å². The molecule has 1 unspecified atom stereocenters. The van der Waals surface area contributed by atoms with Crippen molar-refractivity contribution in [2.75, 3.05) is 39.4 Å². The van der Waals surface area contributed by atoms with Gasteiger partial charge in [0.15, 0.2) is 0 Å². The third-order valence-electron chi connectivity index (χ3n) is 3.32. The van der Waals surface area contributed by atoms with E-state index in [0.717, 1.165) is 25.3 Å². The Hall–Kier alpha value is -1.44. The zero-order chi connectivity index (χ0) is 15.5. The van der Waals surface area contributed by atoms with Gasteiger partial charge in [0.25, 0.3) is 0 Å². The molecule has 0 bridgehead atoms. The van der Waals surface area contributed by atoms with Gasteiger partial charge in [0.2, 0.25) is 5.91 Å². The molecule has 0 radical (unpaired) electrons. The standard InChI is InChI=1S/C14H27N5O2/c1-3-19(4-2)6-8-21-7-5-17-14(20)13(15)9-12-10-16-11-18-12/h10-11,13H,3-9,15H2,1-2H3,(H,16,18)(H,17,20). The fraction of sp³-hybridized carbons (Fsp3) is 0.714. The lowest BCUT2D eigenvalue weighted by Gasteiger charge is -2.17. The van der Waals surface area contributed by atoms with Gasteiger partial charge in [-0.1, -0.05) is 13.8 Å². The van der Waals surface area contributed by atoms with Crippen molar-refractivity contribution in [2.45, 2.75) is 26.3 Å². The number of hydrogen-bond acceptors (Lipinski definition) is 5. The van der Waals surface area contributed by atoms with Crippen LogP contribution < -0.4 is 11.1 Å². The third-order valence-corrected chi connectivity index (χ3v) is 3.32. The number of amides is 1. The first kappa shape index (κ1) is 17.6. The molecule has 0 aliphatic carbocycles. The molecule has 1 aromatic heterocycles. The molecule has 0 fully saturated rings. The summed E-state index contributed by atoms with van der Waals surface area (Å²) in [6.07, 6.45) is 3.70. The first-order valence-electron chi connectivity index (χ1n) is 7.48. The van der Waals surface area contributed by atoms with E-state index in [2.05, 4.69) is 34.0 Å². The molecule has 0 saturated heterocycles. The van der Waals surface area contributed by atoms with Gasteiger partial charge in [0.05, 0.1) is 25.6 Å². The lowest BCUT2D eigenvalue weighted by atomic mass is 10.1. The summed E-state index contributed by atoms with van der Waals surface area (Å²) in [7, 11) is 0. The summed E-state index contributed by atoms with van der Waals surface area (Å²) in [5.41, 5.74) is 6.67. The summed E-state index contributed by atoms with van der Waals surface area (Å²) in [5, 5.41) is 2.77. The molecule has 0 aliphatic rings. The van der Waals surface area contributed by atoms with Crippen molar-refractivity contribution >= 4 is 5.91 Å². The van der Waals surface area contributed by atoms with Gasteiger partial charge in [0.1, 0.15) is 0 Å². The van der Waals surface area contributed by atoms with E-state index in [1.54, 1.807) is 12.5 Å². The molecular weight excluding hydrogens is 270 g/mol. The maximum Gasteiger partial charge on any atom is 0.237 e. The van der Waals surface area contributed by atoms with E-state index >= 15 is 0 Å². The average Bonchev–Trinajstić information content (AvgIpc) is 2.99. The molecule has 120 valence electrons. The molecule has 7 nitrogen and oxygen atoms in total. The molecule has 4 N–H and O–H groups in total. The summed E-state index contributed by atoms with van der Waals surface area (Å²) < 4.78 is 5.49. The van der Waals surface area contributed by atoms with E-state index in [0.29, 0.717) is 26.2 Å². The number of ether oxygens (including phenoxy) is 1. The first-order chi connectivity index (χ1) is 10.2. The third kappa shape index (κ3) is 7.22. The lowest BCUT2D eigenvalue weighted by Crippen LogP contribution is -2.43. The van der Waals surface area contributed by atoms with Gasteiger partial charge in [-0.3, -0.25) is 4.79 Å². The number of nitrogens with one attached hydrogen (secondary N) is 2. The number of imidazole rings is 1. The molecular formula is C14H27N5O2. The largest absolute Gasteiger partial charge is 0.378 e. The SMILES string of the molecule is CCN(CC)CCOCCNC(=O)C(N)Cc1cnc[nH]1. The molecule has 1 atom stereocenters. The molecule has 1 amide bonds. The van der Waals surface area contributed by atoms with Crippen molar-refractivity contribution in [2.24, 2.45) is 5.73 Å². The highest BCUT2D eigenvalue weighted by molar-refractivity contribution is 5.81. The maximum atomic E-state index is 11.8. The number of nitrogens with zero attached hydrogens (tertiary/aromatic N) is 2. The molecule has 7 heteroatoms. The Kier molecular flexibility index (Phi) is 8.65. The fourth-order valence-corrected chi connectivity index (χ4v) is 1.94. The van der Waals surface area contributed by atoms with E-state index in [4.69, 9.17) is 10.5 Å². The van der Waals surface area contributed by atoms with Crippen LogP contribution in [0.2, 0.25) is 0 Å². The fourth-order valence-electron chi connectivity index (χ4n) is 1.94. The van der Waals surface area contributed by atoms with E-state index in [1.807, 2.05) is 0 Å². The Morgan fingerprint density at radius 3 is 2.86 bits per heavy atom. The first-order valence-corrected chi connectivity index (χ1v) is 7.48. The number of carbonyl (C=O) groups excluding carboxylic acids is 1. The summed E-state index contributed by atoms with van der Waals surface area (Å²) in [5.74, 6) is -0.169. The average molecular weight is 297 g/mol. The maximum absolute atomic E-state index is 11.8. The van der Waals surface area contributed by atoms with Crippen molar-refractivity contribution in [3.8, 4) is 0 Å². The predicted octanol–water partition coefficient (Wildman–Crippen LogP) is -0.246. The molecule has 0 spiro atoms. The molecule has 1 heterocycles. The summed E-state index contributed by atoms with van der Waals surface area (Å²) in [4.78, 5) is 20.9. The Morgan fingerprint density at radius 2 is 2.24 bits per heavy atom. The highest BCUT2D eigenvalue weighted by Crippen LogP contribution is 1.96.